The molecule has 3 nitrogen and oxygen atoms in total. The van der Waals surface area contributed by atoms with Gasteiger partial charge in [0, 0.05) is 19.5 Å². The van der Waals surface area contributed by atoms with E-state index in [-0.39, 0.29) is 17.1 Å². The van der Waals surface area contributed by atoms with Crippen molar-refractivity contribution >= 4 is 6.09 Å². The van der Waals surface area contributed by atoms with Crippen LogP contribution in [-0.2, 0) is 4.74 Å². The van der Waals surface area contributed by atoms with Crippen molar-refractivity contribution in [2.45, 2.75) is 72.3 Å². The molecule has 0 aromatic rings. The van der Waals surface area contributed by atoms with E-state index in [0.29, 0.717) is 17.9 Å². The van der Waals surface area contributed by atoms with Crippen LogP contribution in [0.2, 0.25) is 0 Å². The van der Waals surface area contributed by atoms with E-state index >= 15 is 0 Å². The minimum atomic E-state index is -0.292. The Morgan fingerprint density at radius 1 is 1.18 bits per heavy atom. The van der Waals surface area contributed by atoms with E-state index < -0.39 is 0 Å². The molecule has 0 aliphatic heterocycles. The highest BCUT2D eigenvalue weighted by Crippen LogP contribution is 2.73. The fourth-order valence-electron chi connectivity index (χ4n) is 6.39. The molecular weight excluding hydrogens is 274 g/mol. The first-order valence-electron chi connectivity index (χ1n) is 9.11. The summed E-state index contributed by atoms with van der Waals surface area (Å²) in [6.07, 6.45) is 6.12. The van der Waals surface area contributed by atoms with E-state index in [4.69, 9.17) is 4.74 Å². The second-order valence-electron chi connectivity index (χ2n) is 9.04. The first-order valence-corrected chi connectivity index (χ1v) is 9.11. The lowest BCUT2D eigenvalue weighted by Gasteiger charge is -2.47. The summed E-state index contributed by atoms with van der Waals surface area (Å²) < 4.78 is 6.08. The number of carbonyl (C=O) groups is 1. The van der Waals surface area contributed by atoms with Gasteiger partial charge in [-0.25, -0.2) is 4.79 Å². The molecule has 3 rings (SSSR count). The van der Waals surface area contributed by atoms with Gasteiger partial charge in [-0.3, -0.25) is 0 Å². The van der Waals surface area contributed by atoms with Crippen LogP contribution in [0.4, 0.5) is 4.79 Å². The maximum absolute atomic E-state index is 12.3. The van der Waals surface area contributed by atoms with Crippen LogP contribution in [0.1, 0.15) is 66.7 Å². The predicted octanol–water partition coefficient (Wildman–Crippen LogP) is 4.71. The van der Waals surface area contributed by atoms with E-state index in [9.17, 15) is 4.79 Å². The summed E-state index contributed by atoms with van der Waals surface area (Å²) in [4.78, 5) is 14.0. The molecule has 4 unspecified atom stereocenters. The number of carbonyl (C=O) groups excluding carboxylic acids is 1. The number of hydrogen-bond donors (Lipinski definition) is 0. The lowest BCUT2D eigenvalue weighted by atomic mass is 9.64. The zero-order valence-electron chi connectivity index (χ0n) is 15.2. The average molecular weight is 307 g/mol. The third-order valence-electron chi connectivity index (χ3n) is 7.87. The Kier molecular flexibility index (Phi) is 3.58. The van der Waals surface area contributed by atoms with Crippen LogP contribution in [0.5, 0.6) is 0 Å². The van der Waals surface area contributed by atoms with Crippen LogP contribution in [0.15, 0.2) is 0 Å². The number of ether oxygens (including phenoxy) is 1. The fourth-order valence-corrected chi connectivity index (χ4v) is 6.39. The second kappa shape index (κ2) is 4.88. The molecule has 22 heavy (non-hydrogen) atoms. The number of amides is 1. The van der Waals surface area contributed by atoms with Crippen LogP contribution < -0.4 is 0 Å². The first-order chi connectivity index (χ1) is 10.2. The van der Waals surface area contributed by atoms with Crippen molar-refractivity contribution in [1.29, 1.82) is 0 Å². The second-order valence-corrected chi connectivity index (χ2v) is 9.04. The molecule has 5 atom stereocenters. The monoisotopic (exact) mass is 307 g/mol. The topological polar surface area (TPSA) is 29.5 Å². The maximum Gasteiger partial charge on any atom is 0.410 e. The molecule has 3 aliphatic rings. The highest BCUT2D eigenvalue weighted by atomic mass is 16.6. The third-order valence-corrected chi connectivity index (χ3v) is 7.87. The molecule has 0 N–H and O–H groups in total. The fraction of sp³-hybridized carbons (Fsp3) is 0.947. The summed E-state index contributed by atoms with van der Waals surface area (Å²) in [5.74, 6) is 2.14. The zero-order chi connectivity index (χ0) is 16.3. The van der Waals surface area contributed by atoms with Crippen molar-refractivity contribution in [2.24, 2.45) is 28.6 Å². The van der Waals surface area contributed by atoms with Gasteiger partial charge in [-0.05, 0) is 68.6 Å². The normalized spacial score (nSPS) is 45.5. The zero-order valence-corrected chi connectivity index (χ0v) is 15.2. The number of rotatable bonds is 2. The Labute approximate surface area is 135 Å². The van der Waals surface area contributed by atoms with Crippen LogP contribution in [0.25, 0.3) is 0 Å². The van der Waals surface area contributed by atoms with Gasteiger partial charge < -0.3 is 9.64 Å². The third kappa shape index (κ3) is 1.96. The van der Waals surface area contributed by atoms with E-state index in [1.807, 2.05) is 14.0 Å². The van der Waals surface area contributed by atoms with E-state index in [2.05, 4.69) is 27.7 Å². The summed E-state index contributed by atoms with van der Waals surface area (Å²) in [6, 6.07) is 0. The molecule has 0 aromatic heterocycles. The Morgan fingerprint density at radius 3 is 2.50 bits per heavy atom. The number of fused-ring (bicyclic) bond motifs is 1. The van der Waals surface area contributed by atoms with Crippen molar-refractivity contribution < 1.29 is 9.53 Å². The summed E-state index contributed by atoms with van der Waals surface area (Å²) in [5, 5.41) is 0. The molecule has 2 bridgehead atoms. The molecule has 1 amide bonds. The largest absolute Gasteiger partial charge is 0.443 e. The van der Waals surface area contributed by atoms with Gasteiger partial charge in [0.15, 0.2) is 0 Å². The molecule has 1 spiro atoms. The van der Waals surface area contributed by atoms with Crippen molar-refractivity contribution in [3.8, 4) is 0 Å². The van der Waals surface area contributed by atoms with Gasteiger partial charge in [0.05, 0.1) is 0 Å². The Bertz CT molecular complexity index is 474. The highest BCUT2D eigenvalue weighted by Gasteiger charge is 2.69. The standard InChI is InChI=1S/C19H33NO2/c1-7-20(6)16(21)22-18(5)10-11-19-12-15(18)17(3,4)14(19)9-8-13(19)2/h13-15H,7-12H2,1-6H3/t13-,14?,15?,18?,19?/m1/s1. The minimum absolute atomic E-state index is 0.151. The maximum atomic E-state index is 12.3. The van der Waals surface area contributed by atoms with E-state index in [0.717, 1.165) is 18.3 Å². The van der Waals surface area contributed by atoms with Gasteiger partial charge in [0.2, 0.25) is 0 Å². The van der Waals surface area contributed by atoms with Gasteiger partial charge in [0.1, 0.15) is 5.60 Å². The minimum Gasteiger partial charge on any atom is -0.443 e. The van der Waals surface area contributed by atoms with Crippen LogP contribution in [0.3, 0.4) is 0 Å². The Balaban J connectivity index is 1.88. The van der Waals surface area contributed by atoms with Gasteiger partial charge in [-0.1, -0.05) is 20.8 Å². The summed E-state index contributed by atoms with van der Waals surface area (Å²) in [7, 11) is 1.83. The summed E-state index contributed by atoms with van der Waals surface area (Å²) >= 11 is 0. The molecule has 3 heteroatoms. The first kappa shape index (κ1) is 16.1. The van der Waals surface area contributed by atoms with Crippen LogP contribution >= 0.6 is 0 Å². The molecule has 126 valence electrons. The van der Waals surface area contributed by atoms with E-state index in [1.54, 1.807) is 4.90 Å². The quantitative estimate of drug-likeness (QED) is 0.739. The summed E-state index contributed by atoms with van der Waals surface area (Å²) in [6.45, 7) is 12.2. The average Bonchev–Trinajstić information content (AvgIpc) is 2.88. The van der Waals surface area contributed by atoms with Crippen molar-refractivity contribution in [3.63, 3.8) is 0 Å². The molecule has 0 saturated heterocycles. The van der Waals surface area contributed by atoms with Gasteiger partial charge in [0.25, 0.3) is 0 Å². The Hall–Kier alpha value is -0.730. The summed E-state index contributed by atoms with van der Waals surface area (Å²) in [5.41, 5.74) is 0.511. The lowest BCUT2D eigenvalue weighted by molar-refractivity contribution is -0.0876. The molecule has 0 radical (unpaired) electrons. The lowest BCUT2D eigenvalue weighted by Crippen LogP contribution is -2.49. The van der Waals surface area contributed by atoms with Crippen LogP contribution in [0, 0.1) is 28.6 Å². The molecule has 3 aliphatic carbocycles. The van der Waals surface area contributed by atoms with Crippen molar-refractivity contribution in [1.82, 2.24) is 4.90 Å². The number of hydrogen-bond acceptors (Lipinski definition) is 2. The van der Waals surface area contributed by atoms with E-state index in [1.165, 1.54) is 25.7 Å². The van der Waals surface area contributed by atoms with Crippen molar-refractivity contribution in [2.75, 3.05) is 13.6 Å². The van der Waals surface area contributed by atoms with Gasteiger partial charge >= 0.3 is 6.09 Å². The molecule has 0 heterocycles. The molecule has 3 fully saturated rings. The van der Waals surface area contributed by atoms with Gasteiger partial charge in [-0.2, -0.15) is 0 Å². The van der Waals surface area contributed by atoms with Gasteiger partial charge in [-0.15, -0.1) is 0 Å². The highest BCUT2D eigenvalue weighted by molar-refractivity contribution is 5.67. The SMILES string of the molecule is CCN(C)C(=O)OC1(C)CCC23CC1C(C)(C)C2CC[C@H]3C. The van der Waals surface area contributed by atoms with Crippen molar-refractivity contribution in [3.05, 3.63) is 0 Å². The predicted molar refractivity (Wildman–Crippen MR) is 88.6 cm³/mol. The smallest absolute Gasteiger partial charge is 0.410 e. The van der Waals surface area contributed by atoms with Crippen LogP contribution in [-0.4, -0.2) is 30.2 Å². The molecule has 3 saturated carbocycles. The molecule has 0 aromatic carbocycles. The Morgan fingerprint density at radius 2 is 1.86 bits per heavy atom. The molecular formula is C19H33NO2. The number of nitrogens with zero attached hydrogens (tertiary/aromatic N) is 1.